The second-order valence-corrected chi connectivity index (χ2v) is 4.82. The molecule has 114 valence electrons. The number of amides is 2. The highest BCUT2D eigenvalue weighted by Gasteiger charge is 2.24. The third kappa shape index (κ3) is 5.90. The van der Waals surface area contributed by atoms with E-state index in [1.807, 2.05) is 0 Å². The lowest BCUT2D eigenvalue weighted by Crippen LogP contribution is -2.45. The summed E-state index contributed by atoms with van der Waals surface area (Å²) in [5.41, 5.74) is 0. The first-order valence-electron chi connectivity index (χ1n) is 6.93. The molecular weight excluding hydrogens is 264 g/mol. The molecule has 1 saturated heterocycles. The van der Waals surface area contributed by atoms with Crippen LogP contribution in [-0.4, -0.2) is 54.2 Å². The molecule has 0 unspecified atom stereocenters. The van der Waals surface area contributed by atoms with Crippen LogP contribution < -0.4 is 5.32 Å². The van der Waals surface area contributed by atoms with Crippen molar-refractivity contribution in [1.82, 2.24) is 10.2 Å². The molecule has 1 fully saturated rings. The number of carbonyl (C=O) groups is 3. The SMILES string of the molecule is CCOC(=O)CC1CCN(C(=O)NCCC(=O)O)CC1. The van der Waals surface area contributed by atoms with Gasteiger partial charge in [0.25, 0.3) is 0 Å². The molecule has 20 heavy (non-hydrogen) atoms. The minimum atomic E-state index is -0.932. The average molecular weight is 286 g/mol. The van der Waals surface area contributed by atoms with E-state index < -0.39 is 5.97 Å². The number of aliphatic carboxylic acids is 1. The van der Waals surface area contributed by atoms with Gasteiger partial charge in [0.05, 0.1) is 13.0 Å². The maximum absolute atomic E-state index is 11.7. The fourth-order valence-electron chi connectivity index (χ4n) is 2.18. The van der Waals surface area contributed by atoms with Gasteiger partial charge in [-0.05, 0) is 25.7 Å². The molecule has 0 spiro atoms. The quantitative estimate of drug-likeness (QED) is 0.705. The number of hydrogen-bond acceptors (Lipinski definition) is 4. The first-order valence-corrected chi connectivity index (χ1v) is 6.93. The van der Waals surface area contributed by atoms with E-state index in [9.17, 15) is 14.4 Å². The molecule has 0 aliphatic carbocycles. The number of nitrogens with one attached hydrogen (secondary N) is 1. The van der Waals surface area contributed by atoms with Crippen molar-refractivity contribution in [3.05, 3.63) is 0 Å². The first-order chi connectivity index (χ1) is 9.52. The number of nitrogens with zero attached hydrogens (tertiary/aromatic N) is 1. The average Bonchev–Trinajstić information content (AvgIpc) is 2.39. The van der Waals surface area contributed by atoms with Crippen LogP contribution in [0.1, 0.15) is 32.6 Å². The molecule has 1 rings (SSSR count). The summed E-state index contributed by atoms with van der Waals surface area (Å²) in [6.07, 6.45) is 1.86. The molecule has 2 N–H and O–H groups in total. The van der Waals surface area contributed by atoms with Gasteiger partial charge in [0, 0.05) is 26.1 Å². The largest absolute Gasteiger partial charge is 0.481 e. The third-order valence-electron chi connectivity index (χ3n) is 3.28. The van der Waals surface area contributed by atoms with Gasteiger partial charge in [0.1, 0.15) is 0 Å². The topological polar surface area (TPSA) is 95.9 Å². The molecule has 7 nitrogen and oxygen atoms in total. The van der Waals surface area contributed by atoms with Crippen molar-refractivity contribution in [2.45, 2.75) is 32.6 Å². The van der Waals surface area contributed by atoms with Crippen LogP contribution in [0.25, 0.3) is 0 Å². The van der Waals surface area contributed by atoms with Gasteiger partial charge in [0.15, 0.2) is 0 Å². The third-order valence-corrected chi connectivity index (χ3v) is 3.28. The van der Waals surface area contributed by atoms with Gasteiger partial charge in [0.2, 0.25) is 0 Å². The summed E-state index contributed by atoms with van der Waals surface area (Å²) in [6.45, 7) is 3.48. The summed E-state index contributed by atoms with van der Waals surface area (Å²) in [5.74, 6) is -0.854. The molecule has 1 aliphatic heterocycles. The zero-order valence-corrected chi connectivity index (χ0v) is 11.8. The van der Waals surface area contributed by atoms with Gasteiger partial charge in [-0.1, -0.05) is 0 Å². The fraction of sp³-hybridized carbons (Fsp3) is 0.769. The molecule has 1 heterocycles. The normalized spacial score (nSPS) is 15.8. The fourth-order valence-corrected chi connectivity index (χ4v) is 2.18. The predicted octanol–water partition coefficient (Wildman–Crippen LogP) is 0.836. The highest BCUT2D eigenvalue weighted by molar-refractivity contribution is 5.75. The molecule has 1 aliphatic rings. The number of carboxylic acids is 1. The Labute approximate surface area is 118 Å². The van der Waals surface area contributed by atoms with E-state index in [0.29, 0.717) is 26.1 Å². The highest BCUT2D eigenvalue weighted by atomic mass is 16.5. The van der Waals surface area contributed by atoms with E-state index >= 15 is 0 Å². The van der Waals surface area contributed by atoms with Crippen molar-refractivity contribution in [3.63, 3.8) is 0 Å². The van der Waals surface area contributed by atoms with Crippen LogP contribution in [0.15, 0.2) is 0 Å². The summed E-state index contributed by atoms with van der Waals surface area (Å²) in [6, 6.07) is -0.235. The van der Waals surface area contributed by atoms with Crippen molar-refractivity contribution in [3.8, 4) is 0 Å². The minimum Gasteiger partial charge on any atom is -0.481 e. The molecule has 0 aromatic heterocycles. The number of esters is 1. The number of carboxylic acid groups (broad SMARTS) is 1. The Hall–Kier alpha value is -1.79. The van der Waals surface area contributed by atoms with Crippen LogP contribution >= 0.6 is 0 Å². The summed E-state index contributed by atoms with van der Waals surface area (Å²) in [5, 5.41) is 11.1. The van der Waals surface area contributed by atoms with Crippen molar-refractivity contribution in [2.24, 2.45) is 5.92 Å². The van der Waals surface area contributed by atoms with Gasteiger partial charge >= 0.3 is 18.0 Å². The number of ether oxygens (including phenoxy) is 1. The van der Waals surface area contributed by atoms with Gasteiger partial charge in [-0.25, -0.2) is 4.79 Å². The highest BCUT2D eigenvalue weighted by Crippen LogP contribution is 2.20. The summed E-state index contributed by atoms with van der Waals surface area (Å²) in [7, 11) is 0. The lowest BCUT2D eigenvalue weighted by Gasteiger charge is -2.31. The van der Waals surface area contributed by atoms with E-state index in [0.717, 1.165) is 12.8 Å². The van der Waals surface area contributed by atoms with Gasteiger partial charge in [-0.3, -0.25) is 9.59 Å². The number of carbonyl (C=O) groups excluding carboxylic acids is 2. The molecule has 0 aromatic carbocycles. The van der Waals surface area contributed by atoms with E-state index in [2.05, 4.69) is 5.32 Å². The Bertz CT molecular complexity index is 351. The zero-order valence-electron chi connectivity index (χ0n) is 11.8. The molecule has 0 atom stereocenters. The Balaban J connectivity index is 2.22. The lowest BCUT2D eigenvalue weighted by atomic mass is 9.94. The van der Waals surface area contributed by atoms with Crippen LogP contribution in [0.3, 0.4) is 0 Å². The number of piperidine rings is 1. The lowest BCUT2D eigenvalue weighted by molar-refractivity contribution is -0.144. The summed E-state index contributed by atoms with van der Waals surface area (Å²) >= 11 is 0. The number of likely N-dealkylation sites (tertiary alicyclic amines) is 1. The molecule has 0 aromatic rings. The van der Waals surface area contributed by atoms with Crippen LogP contribution in [0.5, 0.6) is 0 Å². The second kappa shape index (κ2) is 8.39. The minimum absolute atomic E-state index is 0.0783. The monoisotopic (exact) mass is 286 g/mol. The Morgan fingerprint density at radius 2 is 1.95 bits per heavy atom. The van der Waals surface area contributed by atoms with Crippen LogP contribution in [0, 0.1) is 5.92 Å². The van der Waals surface area contributed by atoms with E-state index in [-0.39, 0.29) is 30.9 Å². The van der Waals surface area contributed by atoms with Gasteiger partial charge in [-0.15, -0.1) is 0 Å². The standard InChI is InChI=1S/C13H22N2O5/c1-2-20-12(18)9-10-4-7-15(8-5-10)13(19)14-6-3-11(16)17/h10H,2-9H2,1H3,(H,14,19)(H,16,17). The molecule has 0 bridgehead atoms. The molecule has 7 heteroatoms. The van der Waals surface area contributed by atoms with Crippen molar-refractivity contribution >= 4 is 18.0 Å². The summed E-state index contributed by atoms with van der Waals surface area (Å²) in [4.78, 5) is 35.1. The smallest absolute Gasteiger partial charge is 0.317 e. The van der Waals surface area contributed by atoms with Crippen molar-refractivity contribution < 1.29 is 24.2 Å². The van der Waals surface area contributed by atoms with E-state index in [1.54, 1.807) is 11.8 Å². The van der Waals surface area contributed by atoms with Crippen molar-refractivity contribution in [1.29, 1.82) is 0 Å². The van der Waals surface area contributed by atoms with Gasteiger partial charge < -0.3 is 20.1 Å². The van der Waals surface area contributed by atoms with Gasteiger partial charge in [-0.2, -0.15) is 0 Å². The maximum atomic E-state index is 11.7. The number of urea groups is 1. The Morgan fingerprint density at radius 1 is 1.30 bits per heavy atom. The van der Waals surface area contributed by atoms with Crippen LogP contribution in [0.2, 0.25) is 0 Å². The second-order valence-electron chi connectivity index (χ2n) is 4.82. The first kappa shape index (κ1) is 16.3. The predicted molar refractivity (Wildman–Crippen MR) is 71.2 cm³/mol. The maximum Gasteiger partial charge on any atom is 0.317 e. The molecule has 0 radical (unpaired) electrons. The number of rotatable bonds is 6. The molecular formula is C13H22N2O5. The van der Waals surface area contributed by atoms with E-state index in [4.69, 9.17) is 9.84 Å². The summed E-state index contributed by atoms with van der Waals surface area (Å²) < 4.78 is 4.91. The van der Waals surface area contributed by atoms with Crippen LogP contribution in [-0.2, 0) is 14.3 Å². The van der Waals surface area contributed by atoms with Crippen LogP contribution in [0.4, 0.5) is 4.79 Å². The molecule has 2 amide bonds. The Morgan fingerprint density at radius 3 is 2.50 bits per heavy atom. The van der Waals surface area contributed by atoms with E-state index in [1.165, 1.54) is 0 Å². The Kier molecular flexibility index (Phi) is 6.83. The zero-order chi connectivity index (χ0) is 15.0. The molecule has 0 saturated carbocycles. The number of hydrogen-bond donors (Lipinski definition) is 2. The van der Waals surface area contributed by atoms with Crippen molar-refractivity contribution in [2.75, 3.05) is 26.2 Å².